The van der Waals surface area contributed by atoms with Crippen LogP contribution < -0.4 is 9.47 Å². The molecule has 0 saturated carbocycles. The third-order valence-corrected chi connectivity index (χ3v) is 5.40. The first-order chi connectivity index (χ1) is 15.3. The molecule has 0 aromatic heterocycles. The highest BCUT2D eigenvalue weighted by Gasteiger charge is 2.46. The summed E-state index contributed by atoms with van der Waals surface area (Å²) in [5.41, 5.74) is 0.925. The molecule has 1 aromatic carbocycles. The van der Waals surface area contributed by atoms with Crippen molar-refractivity contribution in [3.8, 4) is 11.5 Å². The number of aliphatic hydroxyl groups excluding tert-OH is 6. The number of benzene rings is 1. The van der Waals surface area contributed by atoms with Crippen LogP contribution in [0.15, 0.2) is 30.9 Å². The van der Waals surface area contributed by atoms with Gasteiger partial charge in [0.15, 0.2) is 17.8 Å². The van der Waals surface area contributed by atoms with Crippen molar-refractivity contribution >= 4 is 0 Å². The van der Waals surface area contributed by atoms with Gasteiger partial charge in [0.05, 0.1) is 20.3 Å². The second-order valence-electron chi connectivity index (χ2n) is 7.69. The molecule has 0 radical (unpaired) electrons. The lowest BCUT2D eigenvalue weighted by atomic mass is 9.99. The van der Waals surface area contributed by atoms with Crippen LogP contribution in [0.5, 0.6) is 11.5 Å². The second-order valence-corrected chi connectivity index (χ2v) is 7.69. The minimum Gasteiger partial charge on any atom is -0.493 e. The van der Waals surface area contributed by atoms with Gasteiger partial charge in [-0.2, -0.15) is 0 Å². The molecule has 2 aliphatic rings. The Bertz CT molecular complexity index is 759. The molecule has 32 heavy (non-hydrogen) atoms. The van der Waals surface area contributed by atoms with Gasteiger partial charge in [-0.3, -0.25) is 0 Å². The zero-order chi connectivity index (χ0) is 23.4. The fourth-order valence-corrected chi connectivity index (χ4v) is 3.50. The maximum atomic E-state index is 10.3. The van der Waals surface area contributed by atoms with E-state index in [0.717, 1.165) is 5.56 Å². The summed E-state index contributed by atoms with van der Waals surface area (Å²) in [7, 11) is 1.45. The average molecular weight is 458 g/mol. The number of methoxy groups -OCH3 is 1. The highest BCUT2D eigenvalue weighted by molar-refractivity contribution is 5.43. The molecule has 3 rings (SSSR count). The van der Waals surface area contributed by atoms with E-state index in [9.17, 15) is 30.6 Å². The second kappa shape index (κ2) is 10.9. The van der Waals surface area contributed by atoms with Gasteiger partial charge in [-0.1, -0.05) is 12.1 Å². The van der Waals surface area contributed by atoms with Crippen LogP contribution in [-0.2, 0) is 20.6 Å². The standard InChI is InChI=1S/C21H30O11/c1-3-4-10-5-6-12(13(7-10)28-2)31-21-19(27)17(25)16(24)14(32-21)9-30-20-18(26)15(23)11(22)8-29-20/h3,5-7,11,14-27H,1,4,8-9H2,2H3/t11-,14+,15-,16+,17-,18+,19+,20?,21+/m0/s1. The van der Waals surface area contributed by atoms with Gasteiger partial charge < -0.3 is 54.3 Å². The lowest BCUT2D eigenvalue weighted by Crippen LogP contribution is -2.61. The molecule has 0 spiro atoms. The number of allylic oxidation sites excluding steroid dienone is 1. The van der Waals surface area contributed by atoms with E-state index >= 15 is 0 Å². The third kappa shape index (κ3) is 5.39. The van der Waals surface area contributed by atoms with E-state index in [1.165, 1.54) is 7.11 Å². The van der Waals surface area contributed by atoms with Crippen molar-refractivity contribution in [3.63, 3.8) is 0 Å². The summed E-state index contributed by atoms with van der Waals surface area (Å²) in [4.78, 5) is 0. The first-order valence-corrected chi connectivity index (χ1v) is 10.2. The molecule has 180 valence electrons. The van der Waals surface area contributed by atoms with E-state index < -0.39 is 55.3 Å². The van der Waals surface area contributed by atoms with E-state index in [0.29, 0.717) is 12.2 Å². The van der Waals surface area contributed by atoms with Gasteiger partial charge in [0.25, 0.3) is 0 Å². The van der Waals surface area contributed by atoms with Crippen molar-refractivity contribution in [2.45, 2.75) is 61.7 Å². The molecule has 2 aliphatic heterocycles. The van der Waals surface area contributed by atoms with Crippen molar-refractivity contribution in [3.05, 3.63) is 36.4 Å². The van der Waals surface area contributed by atoms with Crippen LogP contribution in [0.1, 0.15) is 5.56 Å². The molecule has 1 unspecified atom stereocenters. The summed E-state index contributed by atoms with van der Waals surface area (Å²) in [5.74, 6) is 0.621. The van der Waals surface area contributed by atoms with E-state index in [-0.39, 0.29) is 19.0 Å². The summed E-state index contributed by atoms with van der Waals surface area (Å²) in [6.07, 6.45) is -10.4. The van der Waals surface area contributed by atoms with Gasteiger partial charge in [-0.05, 0) is 24.1 Å². The summed E-state index contributed by atoms with van der Waals surface area (Å²) < 4.78 is 27.2. The van der Waals surface area contributed by atoms with Crippen LogP contribution in [0.4, 0.5) is 0 Å². The zero-order valence-electron chi connectivity index (χ0n) is 17.6. The van der Waals surface area contributed by atoms with Crippen molar-refractivity contribution in [2.24, 2.45) is 0 Å². The molecule has 6 N–H and O–H groups in total. The number of ether oxygens (including phenoxy) is 5. The molecule has 2 heterocycles. The minimum absolute atomic E-state index is 0.246. The quantitative estimate of drug-likeness (QED) is 0.240. The fraction of sp³-hybridized carbons (Fsp3) is 0.619. The summed E-state index contributed by atoms with van der Waals surface area (Å²) in [6.45, 7) is 3.06. The summed E-state index contributed by atoms with van der Waals surface area (Å²) in [5, 5.41) is 60.1. The maximum Gasteiger partial charge on any atom is 0.229 e. The van der Waals surface area contributed by atoms with Crippen LogP contribution in [0, 0.1) is 0 Å². The average Bonchev–Trinajstić information content (AvgIpc) is 2.79. The SMILES string of the molecule is C=CCc1ccc(O[C@@H]2O[C@H](COC3OC[C@H](O)[C@H](O)[C@H]3O)[C@@H](O)[C@H](O)[C@H]2O)c(OC)c1. The van der Waals surface area contributed by atoms with Crippen molar-refractivity contribution in [1.82, 2.24) is 0 Å². The van der Waals surface area contributed by atoms with Gasteiger partial charge in [-0.25, -0.2) is 0 Å². The Kier molecular flexibility index (Phi) is 8.44. The molecule has 2 fully saturated rings. The Morgan fingerprint density at radius 1 is 0.969 bits per heavy atom. The fourth-order valence-electron chi connectivity index (χ4n) is 3.50. The van der Waals surface area contributed by atoms with E-state index in [1.54, 1.807) is 24.3 Å². The van der Waals surface area contributed by atoms with Crippen molar-refractivity contribution in [2.75, 3.05) is 20.3 Å². The molecular formula is C21H30O11. The molecular weight excluding hydrogens is 428 g/mol. The van der Waals surface area contributed by atoms with Gasteiger partial charge in [-0.15, -0.1) is 6.58 Å². The summed E-state index contributed by atoms with van der Waals surface area (Å²) in [6, 6.07) is 5.14. The molecule has 2 saturated heterocycles. The molecule has 9 atom stereocenters. The van der Waals surface area contributed by atoms with Gasteiger partial charge in [0, 0.05) is 0 Å². The van der Waals surface area contributed by atoms with Gasteiger partial charge in [0.1, 0.15) is 42.7 Å². The van der Waals surface area contributed by atoms with Crippen LogP contribution in [0.25, 0.3) is 0 Å². The molecule has 0 amide bonds. The highest BCUT2D eigenvalue weighted by Crippen LogP contribution is 2.32. The van der Waals surface area contributed by atoms with E-state index in [1.807, 2.05) is 0 Å². The largest absolute Gasteiger partial charge is 0.493 e. The smallest absolute Gasteiger partial charge is 0.229 e. The third-order valence-electron chi connectivity index (χ3n) is 5.40. The van der Waals surface area contributed by atoms with Gasteiger partial charge in [0.2, 0.25) is 6.29 Å². The topological polar surface area (TPSA) is 168 Å². The molecule has 0 bridgehead atoms. The summed E-state index contributed by atoms with van der Waals surface area (Å²) >= 11 is 0. The lowest BCUT2D eigenvalue weighted by Gasteiger charge is -2.41. The molecule has 0 aliphatic carbocycles. The minimum atomic E-state index is -1.61. The Hall–Kier alpha value is -1.80. The predicted octanol–water partition coefficient (Wildman–Crippen LogP) is -1.93. The van der Waals surface area contributed by atoms with Crippen LogP contribution in [0.3, 0.4) is 0 Å². The van der Waals surface area contributed by atoms with E-state index in [4.69, 9.17) is 23.7 Å². The Morgan fingerprint density at radius 3 is 2.38 bits per heavy atom. The molecule has 1 aromatic rings. The van der Waals surface area contributed by atoms with Crippen molar-refractivity contribution < 1.29 is 54.3 Å². The van der Waals surface area contributed by atoms with Crippen LogP contribution in [0.2, 0.25) is 0 Å². The van der Waals surface area contributed by atoms with E-state index in [2.05, 4.69) is 6.58 Å². The van der Waals surface area contributed by atoms with Crippen molar-refractivity contribution in [1.29, 1.82) is 0 Å². The first kappa shape index (κ1) is 24.8. The highest BCUT2D eigenvalue weighted by atomic mass is 16.7. The Morgan fingerprint density at radius 2 is 1.69 bits per heavy atom. The predicted molar refractivity (Wildman–Crippen MR) is 108 cm³/mol. The van der Waals surface area contributed by atoms with Crippen LogP contribution in [-0.4, -0.2) is 106 Å². The number of hydrogen-bond donors (Lipinski definition) is 6. The monoisotopic (exact) mass is 458 g/mol. The maximum absolute atomic E-state index is 10.3. The molecule has 11 heteroatoms. The first-order valence-electron chi connectivity index (χ1n) is 10.2. The van der Waals surface area contributed by atoms with Gasteiger partial charge >= 0.3 is 0 Å². The number of rotatable bonds is 8. The van der Waals surface area contributed by atoms with Crippen LogP contribution >= 0.6 is 0 Å². The Balaban J connectivity index is 1.67. The molecule has 11 nitrogen and oxygen atoms in total. The number of aliphatic hydroxyl groups is 6. The Labute approximate surface area is 185 Å². The zero-order valence-corrected chi connectivity index (χ0v) is 17.6. The number of hydrogen-bond acceptors (Lipinski definition) is 11. The normalized spacial score (nSPS) is 37.7. The lowest BCUT2D eigenvalue weighted by molar-refractivity contribution is -0.307.